The van der Waals surface area contributed by atoms with Crippen LogP contribution in [-0.4, -0.2) is 13.1 Å². The average molecular weight is 213 g/mol. The zero-order valence-electron chi connectivity index (χ0n) is 11.6. The van der Waals surface area contributed by atoms with Gasteiger partial charge in [0.25, 0.3) is 0 Å². The SMILES string of the molecule is CCC(CNCC(CC)C(C)C)C(C)C. The van der Waals surface area contributed by atoms with Gasteiger partial charge in [-0.1, -0.05) is 54.4 Å². The van der Waals surface area contributed by atoms with Crippen LogP contribution in [-0.2, 0) is 0 Å². The van der Waals surface area contributed by atoms with Crippen LogP contribution in [0.2, 0.25) is 0 Å². The molecule has 0 aromatic rings. The molecule has 0 rings (SSSR count). The molecule has 0 amide bonds. The van der Waals surface area contributed by atoms with Crippen LogP contribution in [0, 0.1) is 23.7 Å². The van der Waals surface area contributed by atoms with E-state index in [1.807, 2.05) is 0 Å². The van der Waals surface area contributed by atoms with Crippen molar-refractivity contribution >= 4 is 0 Å². The van der Waals surface area contributed by atoms with Crippen LogP contribution in [0.5, 0.6) is 0 Å². The van der Waals surface area contributed by atoms with Crippen LogP contribution in [0.1, 0.15) is 54.4 Å². The van der Waals surface area contributed by atoms with Gasteiger partial charge in [-0.25, -0.2) is 0 Å². The predicted molar refractivity (Wildman–Crippen MR) is 70.1 cm³/mol. The fourth-order valence-corrected chi connectivity index (χ4v) is 2.16. The third-order valence-electron chi connectivity index (χ3n) is 3.75. The third kappa shape index (κ3) is 6.19. The molecule has 0 heterocycles. The number of rotatable bonds is 8. The van der Waals surface area contributed by atoms with E-state index in [2.05, 4.69) is 46.9 Å². The van der Waals surface area contributed by atoms with Gasteiger partial charge in [0.05, 0.1) is 0 Å². The summed E-state index contributed by atoms with van der Waals surface area (Å²) in [7, 11) is 0. The first-order valence-electron chi connectivity index (χ1n) is 6.73. The van der Waals surface area contributed by atoms with Gasteiger partial charge in [0, 0.05) is 0 Å². The lowest BCUT2D eigenvalue weighted by molar-refractivity contribution is 0.309. The summed E-state index contributed by atoms with van der Waals surface area (Å²) in [5, 5.41) is 3.65. The van der Waals surface area contributed by atoms with Gasteiger partial charge in [0.1, 0.15) is 0 Å². The Morgan fingerprint density at radius 3 is 1.27 bits per heavy atom. The van der Waals surface area contributed by atoms with E-state index in [0.717, 1.165) is 23.7 Å². The molecule has 1 nitrogen and oxygen atoms in total. The number of hydrogen-bond donors (Lipinski definition) is 1. The van der Waals surface area contributed by atoms with Crippen molar-refractivity contribution in [2.24, 2.45) is 23.7 Å². The highest BCUT2D eigenvalue weighted by Gasteiger charge is 2.13. The lowest BCUT2D eigenvalue weighted by Crippen LogP contribution is -2.31. The molecule has 1 heteroatoms. The van der Waals surface area contributed by atoms with Crippen LogP contribution < -0.4 is 5.32 Å². The summed E-state index contributed by atoms with van der Waals surface area (Å²) in [4.78, 5) is 0. The standard InChI is InChI=1S/C14H31N/c1-7-13(11(3)4)9-15-10-14(8-2)12(5)6/h11-15H,7-10H2,1-6H3. The Morgan fingerprint density at radius 2 is 1.07 bits per heavy atom. The van der Waals surface area contributed by atoms with Crippen molar-refractivity contribution in [3.05, 3.63) is 0 Å². The maximum atomic E-state index is 3.65. The molecular formula is C14H31N. The fraction of sp³-hybridized carbons (Fsp3) is 1.00. The third-order valence-corrected chi connectivity index (χ3v) is 3.75. The minimum Gasteiger partial charge on any atom is -0.316 e. The molecule has 0 spiro atoms. The highest BCUT2D eigenvalue weighted by Crippen LogP contribution is 2.16. The molecule has 0 radical (unpaired) electrons. The zero-order chi connectivity index (χ0) is 11.8. The Kier molecular flexibility index (Phi) is 8.13. The Hall–Kier alpha value is -0.0400. The molecule has 15 heavy (non-hydrogen) atoms. The van der Waals surface area contributed by atoms with E-state index >= 15 is 0 Å². The summed E-state index contributed by atoms with van der Waals surface area (Å²) < 4.78 is 0. The summed E-state index contributed by atoms with van der Waals surface area (Å²) in [5.41, 5.74) is 0. The minimum absolute atomic E-state index is 0.807. The van der Waals surface area contributed by atoms with Crippen LogP contribution in [0.4, 0.5) is 0 Å². The lowest BCUT2D eigenvalue weighted by Gasteiger charge is -2.23. The molecule has 0 aromatic heterocycles. The Balaban J connectivity index is 3.75. The second-order valence-electron chi connectivity index (χ2n) is 5.48. The van der Waals surface area contributed by atoms with E-state index in [1.54, 1.807) is 0 Å². The molecule has 0 aliphatic heterocycles. The van der Waals surface area contributed by atoms with Crippen molar-refractivity contribution in [2.45, 2.75) is 54.4 Å². The molecular weight excluding hydrogens is 182 g/mol. The molecule has 0 aliphatic rings. The Morgan fingerprint density at radius 1 is 0.733 bits per heavy atom. The van der Waals surface area contributed by atoms with E-state index in [9.17, 15) is 0 Å². The maximum Gasteiger partial charge on any atom is -0.00181 e. The molecule has 0 fully saturated rings. The van der Waals surface area contributed by atoms with E-state index < -0.39 is 0 Å². The van der Waals surface area contributed by atoms with E-state index in [1.165, 1.54) is 25.9 Å². The van der Waals surface area contributed by atoms with E-state index in [4.69, 9.17) is 0 Å². The molecule has 0 saturated heterocycles. The molecule has 92 valence electrons. The maximum absolute atomic E-state index is 3.65. The van der Waals surface area contributed by atoms with Crippen molar-refractivity contribution in [1.29, 1.82) is 0 Å². The van der Waals surface area contributed by atoms with Crippen LogP contribution >= 0.6 is 0 Å². The minimum atomic E-state index is 0.807. The molecule has 0 bridgehead atoms. The predicted octanol–water partition coefficient (Wildman–Crippen LogP) is 3.94. The molecule has 2 atom stereocenters. The molecule has 2 unspecified atom stereocenters. The van der Waals surface area contributed by atoms with E-state index in [-0.39, 0.29) is 0 Å². The zero-order valence-corrected chi connectivity index (χ0v) is 11.6. The Bertz CT molecular complexity index is 124. The second-order valence-corrected chi connectivity index (χ2v) is 5.48. The largest absolute Gasteiger partial charge is 0.316 e. The summed E-state index contributed by atoms with van der Waals surface area (Å²) in [6.07, 6.45) is 2.59. The van der Waals surface area contributed by atoms with Crippen LogP contribution in [0.15, 0.2) is 0 Å². The van der Waals surface area contributed by atoms with Crippen molar-refractivity contribution in [2.75, 3.05) is 13.1 Å². The van der Waals surface area contributed by atoms with Gasteiger partial charge >= 0.3 is 0 Å². The first-order chi connectivity index (χ1) is 7.02. The molecule has 0 aromatic carbocycles. The summed E-state index contributed by atoms with van der Waals surface area (Å²) in [6, 6.07) is 0. The number of nitrogens with one attached hydrogen (secondary N) is 1. The monoisotopic (exact) mass is 213 g/mol. The summed E-state index contributed by atoms with van der Waals surface area (Å²) in [6.45, 7) is 16.3. The van der Waals surface area contributed by atoms with Gasteiger partial charge < -0.3 is 5.32 Å². The Labute approximate surface area is 97.0 Å². The molecule has 0 aliphatic carbocycles. The smallest absolute Gasteiger partial charge is 0.00181 e. The van der Waals surface area contributed by atoms with Gasteiger partial charge in [-0.2, -0.15) is 0 Å². The summed E-state index contributed by atoms with van der Waals surface area (Å²) >= 11 is 0. The number of hydrogen-bond acceptors (Lipinski definition) is 1. The van der Waals surface area contributed by atoms with E-state index in [0.29, 0.717) is 0 Å². The lowest BCUT2D eigenvalue weighted by atomic mass is 9.91. The van der Waals surface area contributed by atoms with Crippen molar-refractivity contribution in [3.8, 4) is 0 Å². The highest BCUT2D eigenvalue weighted by atomic mass is 14.9. The van der Waals surface area contributed by atoms with Crippen molar-refractivity contribution < 1.29 is 0 Å². The van der Waals surface area contributed by atoms with Gasteiger partial charge in [-0.05, 0) is 36.8 Å². The summed E-state index contributed by atoms with van der Waals surface area (Å²) in [5.74, 6) is 3.30. The van der Waals surface area contributed by atoms with Crippen molar-refractivity contribution in [3.63, 3.8) is 0 Å². The second kappa shape index (κ2) is 8.15. The average Bonchev–Trinajstić information content (AvgIpc) is 2.17. The first-order valence-corrected chi connectivity index (χ1v) is 6.73. The fourth-order valence-electron chi connectivity index (χ4n) is 2.16. The van der Waals surface area contributed by atoms with Gasteiger partial charge in [-0.3, -0.25) is 0 Å². The van der Waals surface area contributed by atoms with Gasteiger partial charge in [0.2, 0.25) is 0 Å². The molecule has 1 N–H and O–H groups in total. The van der Waals surface area contributed by atoms with Gasteiger partial charge in [0.15, 0.2) is 0 Å². The van der Waals surface area contributed by atoms with Crippen molar-refractivity contribution in [1.82, 2.24) is 5.32 Å². The van der Waals surface area contributed by atoms with Crippen LogP contribution in [0.3, 0.4) is 0 Å². The molecule has 0 saturated carbocycles. The highest BCUT2D eigenvalue weighted by molar-refractivity contribution is 4.68. The van der Waals surface area contributed by atoms with Crippen LogP contribution in [0.25, 0.3) is 0 Å². The normalized spacial score (nSPS) is 16.0. The van der Waals surface area contributed by atoms with Gasteiger partial charge in [-0.15, -0.1) is 0 Å². The quantitative estimate of drug-likeness (QED) is 0.644. The first kappa shape index (κ1) is 15.0. The topological polar surface area (TPSA) is 12.0 Å².